The Morgan fingerprint density at radius 3 is 2.08 bits per heavy atom. The molecule has 0 spiro atoms. The van der Waals surface area contributed by atoms with Crippen molar-refractivity contribution < 1.29 is 19.1 Å². The van der Waals surface area contributed by atoms with Crippen LogP contribution in [0.25, 0.3) is 0 Å². The first-order valence-corrected chi connectivity index (χ1v) is 9.39. The topological polar surface area (TPSA) is 85.7 Å². The van der Waals surface area contributed by atoms with Crippen molar-refractivity contribution >= 4 is 5.97 Å². The number of ether oxygens (including phenoxy) is 1. The molecule has 0 radical (unpaired) electrons. The maximum atomic E-state index is 10.7. The van der Waals surface area contributed by atoms with E-state index in [-0.39, 0.29) is 11.7 Å². The zero-order valence-corrected chi connectivity index (χ0v) is 15.0. The molecule has 1 aromatic rings. The zero-order valence-electron chi connectivity index (χ0n) is 15.0. The predicted octanol–water partition coefficient (Wildman–Crippen LogP) is 5.34. The van der Waals surface area contributed by atoms with Crippen LogP contribution in [0.3, 0.4) is 0 Å². The standard InChI is InChI=1S/C19H33NO4/c1-2-3-4-5-6-7-8-9-10-11-12-13-17(20)24-18-15-14-16(23-18)19(21)22/h14-15,17H,2-13,20H2,1H3,(H,21,22). The number of nitrogens with two attached hydrogens (primary N) is 1. The van der Waals surface area contributed by atoms with Crippen LogP contribution in [0, 0.1) is 0 Å². The molecule has 1 aromatic heterocycles. The van der Waals surface area contributed by atoms with Gasteiger partial charge in [0.25, 0.3) is 5.95 Å². The summed E-state index contributed by atoms with van der Waals surface area (Å²) in [6, 6.07) is 2.86. The van der Waals surface area contributed by atoms with Crippen molar-refractivity contribution in [2.75, 3.05) is 0 Å². The fraction of sp³-hybridized carbons (Fsp3) is 0.737. The molecule has 0 bridgehead atoms. The van der Waals surface area contributed by atoms with Crippen LogP contribution in [0.15, 0.2) is 16.5 Å². The highest BCUT2D eigenvalue weighted by Gasteiger charge is 2.12. The van der Waals surface area contributed by atoms with Crippen LogP contribution < -0.4 is 10.5 Å². The second-order valence-electron chi connectivity index (χ2n) is 6.40. The molecule has 1 atom stereocenters. The van der Waals surface area contributed by atoms with E-state index < -0.39 is 12.2 Å². The predicted molar refractivity (Wildman–Crippen MR) is 95.3 cm³/mol. The van der Waals surface area contributed by atoms with E-state index in [2.05, 4.69) is 6.92 Å². The molecule has 0 aliphatic carbocycles. The van der Waals surface area contributed by atoms with Gasteiger partial charge in [-0.2, -0.15) is 0 Å². The van der Waals surface area contributed by atoms with Crippen LogP contribution in [0.4, 0.5) is 0 Å². The second-order valence-corrected chi connectivity index (χ2v) is 6.40. The number of carboxylic acids is 1. The van der Waals surface area contributed by atoms with Gasteiger partial charge < -0.3 is 14.3 Å². The van der Waals surface area contributed by atoms with E-state index in [1.54, 1.807) is 0 Å². The highest BCUT2D eigenvalue weighted by molar-refractivity contribution is 5.84. The van der Waals surface area contributed by atoms with Crippen molar-refractivity contribution in [3.8, 4) is 5.95 Å². The van der Waals surface area contributed by atoms with E-state index in [0.29, 0.717) is 0 Å². The van der Waals surface area contributed by atoms with E-state index in [1.165, 1.54) is 69.9 Å². The molecular weight excluding hydrogens is 306 g/mol. The fourth-order valence-electron chi connectivity index (χ4n) is 2.72. The first-order valence-electron chi connectivity index (χ1n) is 9.39. The summed E-state index contributed by atoms with van der Waals surface area (Å²) in [5, 5.41) is 8.77. The lowest BCUT2D eigenvalue weighted by atomic mass is 10.1. The van der Waals surface area contributed by atoms with E-state index >= 15 is 0 Å². The molecular formula is C19H33NO4. The molecule has 0 saturated carbocycles. The van der Waals surface area contributed by atoms with Crippen molar-refractivity contribution in [1.29, 1.82) is 0 Å². The van der Waals surface area contributed by atoms with E-state index in [0.717, 1.165) is 19.3 Å². The van der Waals surface area contributed by atoms with Crippen LogP contribution in [0.2, 0.25) is 0 Å². The fourth-order valence-corrected chi connectivity index (χ4v) is 2.72. The summed E-state index contributed by atoms with van der Waals surface area (Å²) in [7, 11) is 0. The van der Waals surface area contributed by atoms with Crippen LogP contribution in [-0.2, 0) is 0 Å². The van der Waals surface area contributed by atoms with Crippen molar-refractivity contribution in [2.45, 2.75) is 90.2 Å². The smallest absolute Gasteiger partial charge is 0.371 e. The number of hydrogen-bond acceptors (Lipinski definition) is 4. The van der Waals surface area contributed by atoms with Gasteiger partial charge in [-0.1, -0.05) is 71.1 Å². The Morgan fingerprint density at radius 2 is 1.58 bits per heavy atom. The number of aromatic carboxylic acids is 1. The SMILES string of the molecule is CCCCCCCCCCCCCC(N)Oc1ccc(C(=O)O)o1. The summed E-state index contributed by atoms with van der Waals surface area (Å²) in [6.07, 6.45) is 14.5. The number of rotatable bonds is 15. The minimum atomic E-state index is -1.11. The number of unbranched alkanes of at least 4 members (excludes halogenated alkanes) is 10. The van der Waals surface area contributed by atoms with Gasteiger partial charge in [-0.15, -0.1) is 0 Å². The van der Waals surface area contributed by atoms with Gasteiger partial charge in [-0.25, -0.2) is 4.79 Å². The minimum Gasteiger partial charge on any atom is -0.475 e. The molecule has 0 fully saturated rings. The third-order valence-electron chi connectivity index (χ3n) is 4.15. The van der Waals surface area contributed by atoms with E-state index in [4.69, 9.17) is 20.0 Å². The summed E-state index contributed by atoms with van der Waals surface area (Å²) in [4.78, 5) is 10.7. The van der Waals surface area contributed by atoms with Crippen LogP contribution in [-0.4, -0.2) is 17.3 Å². The van der Waals surface area contributed by atoms with Gasteiger partial charge in [0.05, 0.1) is 0 Å². The highest BCUT2D eigenvalue weighted by Crippen LogP contribution is 2.18. The molecule has 0 amide bonds. The Hall–Kier alpha value is -1.49. The van der Waals surface area contributed by atoms with E-state index in [9.17, 15) is 4.79 Å². The van der Waals surface area contributed by atoms with Crippen molar-refractivity contribution in [2.24, 2.45) is 5.73 Å². The lowest BCUT2D eigenvalue weighted by Crippen LogP contribution is -2.26. The normalized spacial score (nSPS) is 12.2. The summed E-state index contributed by atoms with van der Waals surface area (Å²) < 4.78 is 10.4. The quantitative estimate of drug-likeness (QED) is 0.332. The molecule has 0 aliphatic rings. The van der Waals surface area contributed by atoms with Gasteiger partial charge in [-0.05, 0) is 18.9 Å². The summed E-state index contributed by atoms with van der Waals surface area (Å²) >= 11 is 0. The largest absolute Gasteiger partial charge is 0.475 e. The summed E-state index contributed by atoms with van der Waals surface area (Å²) in [6.45, 7) is 2.25. The van der Waals surface area contributed by atoms with Crippen molar-refractivity contribution in [3.63, 3.8) is 0 Å². The molecule has 0 saturated heterocycles. The Morgan fingerprint density at radius 1 is 1.04 bits per heavy atom. The molecule has 138 valence electrons. The molecule has 24 heavy (non-hydrogen) atoms. The Bertz CT molecular complexity index is 444. The monoisotopic (exact) mass is 339 g/mol. The molecule has 5 nitrogen and oxygen atoms in total. The van der Waals surface area contributed by atoms with E-state index in [1.807, 2.05) is 0 Å². The van der Waals surface area contributed by atoms with Crippen molar-refractivity contribution in [1.82, 2.24) is 0 Å². The van der Waals surface area contributed by atoms with Crippen LogP contribution in [0.1, 0.15) is 94.5 Å². The number of carboxylic acid groups (broad SMARTS) is 1. The molecule has 1 rings (SSSR count). The minimum absolute atomic E-state index is 0.133. The lowest BCUT2D eigenvalue weighted by Gasteiger charge is -2.11. The molecule has 3 N–H and O–H groups in total. The van der Waals surface area contributed by atoms with Crippen LogP contribution in [0.5, 0.6) is 5.95 Å². The summed E-state index contributed by atoms with van der Waals surface area (Å²) in [5.41, 5.74) is 5.88. The number of hydrogen-bond donors (Lipinski definition) is 2. The van der Waals surface area contributed by atoms with Gasteiger partial charge in [0.2, 0.25) is 5.76 Å². The lowest BCUT2D eigenvalue weighted by molar-refractivity contribution is 0.0644. The first-order chi connectivity index (χ1) is 11.6. The summed E-state index contributed by atoms with van der Waals surface area (Å²) in [5.74, 6) is -1.07. The Kier molecular flexibility index (Phi) is 11.0. The average molecular weight is 339 g/mol. The van der Waals surface area contributed by atoms with Crippen molar-refractivity contribution in [3.05, 3.63) is 17.9 Å². The first kappa shape index (κ1) is 20.6. The van der Waals surface area contributed by atoms with Gasteiger partial charge in [0.15, 0.2) is 6.23 Å². The molecule has 1 heterocycles. The maximum Gasteiger partial charge on any atom is 0.371 e. The zero-order chi connectivity index (χ0) is 17.6. The molecule has 0 aliphatic heterocycles. The third-order valence-corrected chi connectivity index (χ3v) is 4.15. The molecule has 0 aromatic carbocycles. The maximum absolute atomic E-state index is 10.7. The molecule has 1 unspecified atom stereocenters. The van der Waals surface area contributed by atoms with Gasteiger partial charge in [-0.3, -0.25) is 5.73 Å². The highest BCUT2D eigenvalue weighted by atomic mass is 16.6. The third kappa shape index (κ3) is 9.60. The van der Waals surface area contributed by atoms with Gasteiger partial charge in [0.1, 0.15) is 0 Å². The second kappa shape index (κ2) is 12.9. The van der Waals surface area contributed by atoms with Gasteiger partial charge in [0, 0.05) is 6.07 Å². The van der Waals surface area contributed by atoms with Gasteiger partial charge >= 0.3 is 5.97 Å². The average Bonchev–Trinajstić information content (AvgIpc) is 3.01. The Labute approximate surface area is 145 Å². The molecule has 5 heteroatoms. The number of carbonyl (C=O) groups is 1. The Balaban J connectivity index is 1.94. The number of furan rings is 1. The van der Waals surface area contributed by atoms with Crippen LogP contribution >= 0.6 is 0 Å².